The van der Waals surface area contributed by atoms with Gasteiger partial charge in [-0.3, -0.25) is 9.59 Å². The zero-order chi connectivity index (χ0) is 17.4. The number of hydrogen-bond donors (Lipinski definition) is 2. The van der Waals surface area contributed by atoms with Crippen molar-refractivity contribution in [3.8, 4) is 5.75 Å². The van der Waals surface area contributed by atoms with Gasteiger partial charge in [-0.25, -0.2) is 5.43 Å². The third-order valence-electron chi connectivity index (χ3n) is 3.10. The third kappa shape index (κ3) is 4.95. The molecule has 2 N–H and O–H groups in total. The molecule has 0 saturated carbocycles. The number of ether oxygens (including phenoxy) is 1. The number of carbonyl (C=O) groups is 2. The fourth-order valence-electron chi connectivity index (χ4n) is 1.91. The van der Waals surface area contributed by atoms with Gasteiger partial charge in [-0.2, -0.15) is 5.10 Å². The van der Waals surface area contributed by atoms with Crippen molar-refractivity contribution in [3.05, 3.63) is 59.7 Å². The highest BCUT2D eigenvalue weighted by Gasteiger charge is 2.12. The van der Waals surface area contributed by atoms with Gasteiger partial charge in [-0.05, 0) is 38.1 Å². The van der Waals surface area contributed by atoms with Crippen LogP contribution in [0.1, 0.15) is 18.1 Å². The molecule has 0 unspecified atom stereocenters. The molecule has 0 aliphatic rings. The Morgan fingerprint density at radius 2 is 1.79 bits per heavy atom. The summed E-state index contributed by atoms with van der Waals surface area (Å²) in [6.07, 6.45) is 1.43. The fourth-order valence-corrected chi connectivity index (χ4v) is 1.91. The number of rotatable bonds is 5. The molecule has 0 fully saturated rings. The Labute approximate surface area is 140 Å². The molecule has 2 aromatic rings. The maximum absolute atomic E-state index is 11.8. The zero-order valence-corrected chi connectivity index (χ0v) is 13.6. The van der Waals surface area contributed by atoms with Crippen LogP contribution in [0.25, 0.3) is 0 Å². The molecule has 6 heteroatoms. The molecule has 0 aromatic heterocycles. The second-order valence-corrected chi connectivity index (χ2v) is 4.99. The first-order valence-electron chi connectivity index (χ1n) is 7.53. The first-order valence-corrected chi connectivity index (χ1v) is 7.53. The van der Waals surface area contributed by atoms with Crippen LogP contribution in [-0.2, 0) is 9.59 Å². The predicted molar refractivity (Wildman–Crippen MR) is 93.2 cm³/mol. The van der Waals surface area contributed by atoms with Crippen molar-refractivity contribution in [1.29, 1.82) is 0 Å². The van der Waals surface area contributed by atoms with E-state index in [-0.39, 0.29) is 0 Å². The second-order valence-electron chi connectivity index (χ2n) is 4.99. The summed E-state index contributed by atoms with van der Waals surface area (Å²) in [6, 6.07) is 14.4. The second kappa shape index (κ2) is 8.47. The van der Waals surface area contributed by atoms with Crippen molar-refractivity contribution >= 4 is 23.7 Å². The van der Waals surface area contributed by atoms with E-state index in [0.717, 1.165) is 5.56 Å². The van der Waals surface area contributed by atoms with Crippen molar-refractivity contribution in [2.24, 2.45) is 5.10 Å². The van der Waals surface area contributed by atoms with E-state index in [1.54, 1.807) is 24.3 Å². The van der Waals surface area contributed by atoms with E-state index in [1.807, 2.05) is 38.1 Å². The number of amides is 2. The average molecular weight is 325 g/mol. The number of nitrogens with one attached hydrogen (secondary N) is 2. The lowest BCUT2D eigenvalue weighted by atomic mass is 10.2. The quantitative estimate of drug-likeness (QED) is 0.503. The van der Waals surface area contributed by atoms with Crippen molar-refractivity contribution in [2.75, 3.05) is 11.9 Å². The Bertz CT molecular complexity index is 739. The minimum absolute atomic E-state index is 0.524. The van der Waals surface area contributed by atoms with E-state index in [4.69, 9.17) is 4.74 Å². The van der Waals surface area contributed by atoms with Gasteiger partial charge >= 0.3 is 11.8 Å². The van der Waals surface area contributed by atoms with Gasteiger partial charge in [-0.15, -0.1) is 0 Å². The Hall–Kier alpha value is -3.15. The van der Waals surface area contributed by atoms with E-state index in [2.05, 4.69) is 15.8 Å². The van der Waals surface area contributed by atoms with Crippen molar-refractivity contribution in [2.45, 2.75) is 13.8 Å². The number of hydrogen-bond acceptors (Lipinski definition) is 4. The van der Waals surface area contributed by atoms with E-state index in [0.29, 0.717) is 23.6 Å². The Kier molecular flexibility index (Phi) is 6.08. The van der Waals surface area contributed by atoms with E-state index >= 15 is 0 Å². The van der Waals surface area contributed by atoms with Gasteiger partial charge in [0.05, 0.1) is 12.8 Å². The summed E-state index contributed by atoms with van der Waals surface area (Å²) in [4.78, 5) is 23.5. The van der Waals surface area contributed by atoms with Crippen LogP contribution in [0, 0.1) is 6.92 Å². The number of nitrogens with zero attached hydrogens (tertiary/aromatic N) is 1. The smallest absolute Gasteiger partial charge is 0.329 e. The molecule has 0 heterocycles. The summed E-state index contributed by atoms with van der Waals surface area (Å²) >= 11 is 0. The lowest BCUT2D eigenvalue weighted by Crippen LogP contribution is -2.32. The van der Waals surface area contributed by atoms with E-state index in [9.17, 15) is 9.59 Å². The highest BCUT2D eigenvalue weighted by molar-refractivity contribution is 6.39. The number of aryl methyl sites for hydroxylation is 1. The van der Waals surface area contributed by atoms with Crippen LogP contribution in [0.4, 0.5) is 5.69 Å². The van der Waals surface area contributed by atoms with Crippen LogP contribution >= 0.6 is 0 Å². The highest BCUT2D eigenvalue weighted by atomic mass is 16.5. The molecule has 0 bridgehead atoms. The van der Waals surface area contributed by atoms with Crippen molar-refractivity contribution < 1.29 is 14.3 Å². The van der Waals surface area contributed by atoms with Gasteiger partial charge in [0.1, 0.15) is 5.75 Å². The topological polar surface area (TPSA) is 79.8 Å². The van der Waals surface area contributed by atoms with Gasteiger partial charge in [-0.1, -0.05) is 29.8 Å². The SMILES string of the molecule is CCOc1ccccc1/C=N/NC(=O)C(=O)Nc1ccc(C)cc1. The molecule has 2 aromatic carbocycles. The number of anilines is 1. The lowest BCUT2D eigenvalue weighted by molar-refractivity contribution is -0.136. The Morgan fingerprint density at radius 3 is 2.50 bits per heavy atom. The van der Waals surface area contributed by atoms with Crippen LogP contribution in [-0.4, -0.2) is 24.6 Å². The maximum atomic E-state index is 11.8. The minimum Gasteiger partial charge on any atom is -0.493 e. The van der Waals surface area contributed by atoms with Crippen LogP contribution in [0.2, 0.25) is 0 Å². The molecule has 0 saturated heterocycles. The number of benzene rings is 2. The molecule has 6 nitrogen and oxygen atoms in total. The predicted octanol–water partition coefficient (Wildman–Crippen LogP) is 2.48. The molecule has 124 valence electrons. The normalized spacial score (nSPS) is 10.4. The summed E-state index contributed by atoms with van der Waals surface area (Å²) in [5.41, 5.74) is 4.51. The van der Waals surface area contributed by atoms with E-state index in [1.165, 1.54) is 6.21 Å². The molecular weight excluding hydrogens is 306 g/mol. The first kappa shape index (κ1) is 17.2. The van der Waals surface area contributed by atoms with Gasteiger partial charge in [0.15, 0.2) is 0 Å². The standard InChI is InChI=1S/C18H19N3O3/c1-3-24-16-7-5-4-6-14(16)12-19-21-18(23)17(22)20-15-10-8-13(2)9-11-15/h4-12H,3H2,1-2H3,(H,20,22)(H,21,23)/b19-12+. The fraction of sp³-hybridized carbons (Fsp3) is 0.167. The maximum Gasteiger partial charge on any atom is 0.329 e. The first-order chi connectivity index (χ1) is 11.6. The Balaban J connectivity index is 1.92. The summed E-state index contributed by atoms with van der Waals surface area (Å²) in [7, 11) is 0. The van der Waals surface area contributed by atoms with Gasteiger partial charge in [0, 0.05) is 11.3 Å². The largest absolute Gasteiger partial charge is 0.493 e. The Morgan fingerprint density at radius 1 is 1.08 bits per heavy atom. The van der Waals surface area contributed by atoms with Gasteiger partial charge in [0.2, 0.25) is 0 Å². The molecule has 0 atom stereocenters. The van der Waals surface area contributed by atoms with Crippen LogP contribution in [0.3, 0.4) is 0 Å². The summed E-state index contributed by atoms with van der Waals surface area (Å²) in [5, 5.41) is 6.30. The highest BCUT2D eigenvalue weighted by Crippen LogP contribution is 2.15. The molecule has 0 aliphatic carbocycles. The molecule has 2 rings (SSSR count). The number of carbonyl (C=O) groups excluding carboxylic acids is 2. The summed E-state index contributed by atoms with van der Waals surface area (Å²) in [6.45, 7) is 4.34. The van der Waals surface area contributed by atoms with Crippen LogP contribution in [0.5, 0.6) is 5.75 Å². The molecule has 0 spiro atoms. The van der Waals surface area contributed by atoms with Gasteiger partial charge in [0.25, 0.3) is 0 Å². The number of hydrazone groups is 1. The van der Waals surface area contributed by atoms with Crippen molar-refractivity contribution in [1.82, 2.24) is 5.43 Å². The lowest BCUT2D eigenvalue weighted by Gasteiger charge is -2.06. The molecule has 0 radical (unpaired) electrons. The van der Waals surface area contributed by atoms with E-state index < -0.39 is 11.8 Å². The van der Waals surface area contributed by atoms with Crippen molar-refractivity contribution in [3.63, 3.8) is 0 Å². The molecule has 24 heavy (non-hydrogen) atoms. The average Bonchev–Trinajstić information content (AvgIpc) is 2.58. The minimum atomic E-state index is -0.847. The zero-order valence-electron chi connectivity index (χ0n) is 13.6. The number of para-hydroxylation sites is 1. The van der Waals surface area contributed by atoms with Crippen LogP contribution in [0.15, 0.2) is 53.6 Å². The van der Waals surface area contributed by atoms with Gasteiger partial charge < -0.3 is 10.1 Å². The molecule has 0 aliphatic heterocycles. The van der Waals surface area contributed by atoms with Crippen LogP contribution < -0.4 is 15.5 Å². The molecule has 2 amide bonds. The molecular formula is C18H19N3O3. The summed E-state index contributed by atoms with van der Waals surface area (Å²) in [5.74, 6) is -0.975. The summed E-state index contributed by atoms with van der Waals surface area (Å²) < 4.78 is 5.45. The third-order valence-corrected chi connectivity index (χ3v) is 3.10. The monoisotopic (exact) mass is 325 g/mol.